The normalized spacial score (nSPS) is 33.7. The summed E-state index contributed by atoms with van der Waals surface area (Å²) >= 11 is 0. The number of benzene rings is 1. The van der Waals surface area contributed by atoms with Crippen LogP contribution in [0.5, 0.6) is 5.75 Å². The Kier molecular flexibility index (Phi) is 7.29. The second-order valence-electron chi connectivity index (χ2n) is 14.0. The summed E-state index contributed by atoms with van der Waals surface area (Å²) in [7, 11) is 0. The van der Waals surface area contributed by atoms with E-state index in [1.165, 1.54) is 20.8 Å². The van der Waals surface area contributed by atoms with Gasteiger partial charge in [0.15, 0.2) is 11.6 Å². The molecule has 10 nitrogen and oxygen atoms in total. The number of likely N-dealkylation sites (tertiary alicyclic amines) is 2. The highest BCUT2D eigenvalue weighted by Crippen LogP contribution is 2.59. The lowest BCUT2D eigenvalue weighted by atomic mass is 9.77. The van der Waals surface area contributed by atoms with Gasteiger partial charge in [-0.2, -0.15) is 18.4 Å². The molecular weight excluding hydrogens is 624 g/mol. The average Bonchev–Trinajstić information content (AvgIpc) is 3.70. The number of halogens is 6. The zero-order chi connectivity index (χ0) is 33.7. The van der Waals surface area contributed by atoms with Crippen LogP contribution in [0.25, 0.3) is 0 Å². The molecule has 3 heterocycles. The number of rotatable bonds is 3. The number of ether oxygens (including phenoxy) is 1. The van der Waals surface area contributed by atoms with Crippen molar-refractivity contribution in [3.63, 3.8) is 0 Å². The topological polar surface area (TPSA) is 132 Å². The van der Waals surface area contributed by atoms with Crippen LogP contribution < -0.4 is 15.4 Å². The predicted molar refractivity (Wildman–Crippen MR) is 145 cm³/mol. The highest BCUT2D eigenvalue weighted by molar-refractivity contribution is 6.02. The number of nitrogens with zero attached hydrogens (tertiary/aromatic N) is 3. The Labute approximate surface area is 259 Å². The van der Waals surface area contributed by atoms with Crippen molar-refractivity contribution >= 4 is 29.3 Å². The minimum Gasteiger partial charge on any atom is -0.473 e. The number of hydrogen-bond acceptors (Lipinski definition) is 6. The molecule has 2 aliphatic carbocycles. The number of hydrogen-bond donors (Lipinski definition) is 2. The van der Waals surface area contributed by atoms with Crippen LogP contribution >= 0.6 is 0 Å². The van der Waals surface area contributed by atoms with Gasteiger partial charge in [0.1, 0.15) is 35.8 Å². The minimum atomic E-state index is -5.30. The summed E-state index contributed by atoms with van der Waals surface area (Å²) in [4.78, 5) is 55.9. The predicted octanol–water partition coefficient (Wildman–Crippen LogP) is 3.07. The lowest BCUT2D eigenvalue weighted by molar-refractivity contribution is -0.176. The third kappa shape index (κ3) is 4.93. The molecule has 0 aromatic heterocycles. The number of amides is 4. The SMILES string of the molecule is CC(C)(C)C(NC(=O)C(F)(F)F)C(=O)N1CC2C3CC(F)C(C3)C2C1C(=O)N1CC2(CC1C#N)Oc1cc(F)cc(F)c1NC2=O. The molecule has 16 heteroatoms. The smallest absolute Gasteiger partial charge is 0.471 e. The number of nitrogens with one attached hydrogen (secondary N) is 2. The number of carbonyl (C=O) groups is 4. The number of carbonyl (C=O) groups excluding carboxylic acids is 4. The monoisotopic (exact) mass is 655 g/mol. The van der Waals surface area contributed by atoms with E-state index in [0.29, 0.717) is 12.5 Å². The van der Waals surface area contributed by atoms with Crippen molar-refractivity contribution in [2.24, 2.45) is 29.1 Å². The van der Waals surface area contributed by atoms with E-state index in [0.717, 1.165) is 15.9 Å². The fourth-order valence-corrected chi connectivity index (χ4v) is 8.14. The van der Waals surface area contributed by atoms with E-state index >= 15 is 4.39 Å². The van der Waals surface area contributed by atoms with Gasteiger partial charge in [-0.3, -0.25) is 19.2 Å². The molecule has 2 saturated carbocycles. The zero-order valence-corrected chi connectivity index (χ0v) is 25.0. The van der Waals surface area contributed by atoms with Crippen molar-refractivity contribution in [1.29, 1.82) is 5.26 Å². The van der Waals surface area contributed by atoms with Crippen molar-refractivity contribution in [2.75, 3.05) is 18.4 Å². The van der Waals surface area contributed by atoms with Crippen LogP contribution in [0.3, 0.4) is 0 Å². The van der Waals surface area contributed by atoms with Gasteiger partial charge in [0.05, 0.1) is 12.6 Å². The Balaban J connectivity index is 1.35. The van der Waals surface area contributed by atoms with Crippen molar-refractivity contribution in [3.05, 3.63) is 23.8 Å². The van der Waals surface area contributed by atoms with Crippen molar-refractivity contribution in [2.45, 2.75) is 76.1 Å². The molecule has 1 aromatic carbocycles. The largest absolute Gasteiger partial charge is 0.473 e. The van der Waals surface area contributed by atoms with Crippen LogP contribution in [0, 0.1) is 52.1 Å². The first-order chi connectivity index (χ1) is 21.4. The average molecular weight is 656 g/mol. The number of nitriles is 1. The maximum atomic E-state index is 15.1. The van der Waals surface area contributed by atoms with E-state index < -0.39 is 107 Å². The van der Waals surface area contributed by atoms with Gasteiger partial charge in [0.2, 0.25) is 17.4 Å². The fraction of sp³-hybridized carbons (Fsp3) is 0.633. The third-order valence-electron chi connectivity index (χ3n) is 10.2. The lowest BCUT2D eigenvalue weighted by Crippen LogP contribution is -2.61. The van der Waals surface area contributed by atoms with Gasteiger partial charge < -0.3 is 25.2 Å². The van der Waals surface area contributed by atoms with Crippen molar-refractivity contribution in [3.8, 4) is 11.8 Å². The summed E-state index contributed by atoms with van der Waals surface area (Å²) < 4.78 is 89.1. The Hall–Kier alpha value is -4.03. The highest BCUT2D eigenvalue weighted by atomic mass is 19.4. The Bertz CT molecular complexity index is 1560. The molecule has 2 saturated heterocycles. The van der Waals surface area contributed by atoms with Crippen molar-refractivity contribution < 1.29 is 50.3 Å². The van der Waals surface area contributed by atoms with Crippen molar-refractivity contribution in [1.82, 2.24) is 15.1 Å². The molecule has 2 N–H and O–H groups in total. The lowest BCUT2D eigenvalue weighted by Gasteiger charge is -2.39. The molecule has 248 valence electrons. The molecule has 0 radical (unpaired) electrons. The maximum Gasteiger partial charge on any atom is 0.471 e. The molecule has 4 fully saturated rings. The molecule has 4 amide bonds. The van der Waals surface area contributed by atoms with Gasteiger partial charge in [-0.1, -0.05) is 20.8 Å². The number of fused-ring (bicyclic) bond motifs is 6. The molecule has 1 spiro atoms. The van der Waals surface area contributed by atoms with Crippen LogP contribution in [0.15, 0.2) is 12.1 Å². The Morgan fingerprint density at radius 1 is 1.13 bits per heavy atom. The molecule has 2 bridgehead atoms. The van der Waals surface area contributed by atoms with E-state index in [1.807, 2.05) is 6.07 Å². The first-order valence-corrected chi connectivity index (χ1v) is 14.9. The Morgan fingerprint density at radius 2 is 1.83 bits per heavy atom. The first-order valence-electron chi connectivity index (χ1n) is 14.9. The summed E-state index contributed by atoms with van der Waals surface area (Å²) in [6.07, 6.45) is -6.34. The number of alkyl halides is 4. The molecule has 3 aliphatic heterocycles. The Morgan fingerprint density at radius 3 is 2.46 bits per heavy atom. The van der Waals surface area contributed by atoms with Gasteiger partial charge in [-0.25, -0.2) is 13.2 Å². The van der Waals surface area contributed by atoms with Crippen LogP contribution in [-0.4, -0.2) is 82.6 Å². The number of anilines is 1. The highest BCUT2D eigenvalue weighted by Gasteiger charge is 2.65. The van der Waals surface area contributed by atoms with E-state index in [4.69, 9.17) is 4.74 Å². The van der Waals surface area contributed by atoms with Crippen LogP contribution in [0.4, 0.5) is 32.0 Å². The first kappa shape index (κ1) is 31.9. The van der Waals surface area contributed by atoms with Gasteiger partial charge >= 0.3 is 12.1 Å². The summed E-state index contributed by atoms with van der Waals surface area (Å²) in [5, 5.41) is 14.1. The second kappa shape index (κ2) is 10.5. The molecular formula is C30H31F6N5O5. The van der Waals surface area contributed by atoms with Crippen LogP contribution in [0.2, 0.25) is 0 Å². The molecule has 9 atom stereocenters. The van der Waals surface area contributed by atoms with E-state index in [1.54, 1.807) is 5.32 Å². The summed E-state index contributed by atoms with van der Waals surface area (Å²) in [6.45, 7) is 3.69. The molecule has 46 heavy (non-hydrogen) atoms. The zero-order valence-electron chi connectivity index (χ0n) is 25.0. The fourth-order valence-electron chi connectivity index (χ4n) is 8.14. The van der Waals surface area contributed by atoms with Gasteiger partial charge in [0.25, 0.3) is 5.91 Å². The van der Waals surface area contributed by atoms with E-state index in [9.17, 15) is 46.4 Å². The van der Waals surface area contributed by atoms with Crippen LogP contribution in [0.1, 0.15) is 40.0 Å². The molecule has 5 aliphatic rings. The summed E-state index contributed by atoms with van der Waals surface area (Å²) in [5.41, 5.74) is -3.61. The quantitative estimate of drug-likeness (QED) is 0.482. The van der Waals surface area contributed by atoms with Crippen LogP contribution in [-0.2, 0) is 19.2 Å². The molecule has 6 rings (SSSR count). The molecule has 9 unspecified atom stereocenters. The minimum absolute atomic E-state index is 0.0820. The van der Waals surface area contributed by atoms with Gasteiger partial charge in [-0.15, -0.1) is 0 Å². The summed E-state index contributed by atoms with van der Waals surface area (Å²) in [5.74, 6) is -9.44. The summed E-state index contributed by atoms with van der Waals surface area (Å²) in [6, 6.07) is -1.15. The standard InChI is InChI=1S/C30H31F6N5O5/c1-28(2,3)23(39-27(45)30(34,35)36)25(43)40-10-16-12-4-15(17(32)5-12)20(16)22(40)24(42)41-11-29(8-14(41)9-37)26(44)38-21-18(33)6-13(31)7-19(21)46-29/h6-7,12,14-17,20,22-23H,4-5,8,10-11H2,1-3H3,(H,38,44)(H,39,45). The second-order valence-corrected chi connectivity index (χ2v) is 14.0. The van der Waals surface area contributed by atoms with E-state index in [-0.39, 0.29) is 30.6 Å². The molecule has 1 aromatic rings. The van der Waals surface area contributed by atoms with E-state index in [2.05, 4.69) is 5.32 Å². The maximum absolute atomic E-state index is 15.1. The third-order valence-corrected chi connectivity index (χ3v) is 10.2. The van der Waals surface area contributed by atoms with Gasteiger partial charge in [-0.05, 0) is 41.9 Å². The van der Waals surface area contributed by atoms with Gasteiger partial charge in [0, 0.05) is 25.1 Å².